The van der Waals surface area contributed by atoms with Crippen molar-refractivity contribution in [3.05, 3.63) is 78.9 Å². The molecule has 2 aromatic carbocycles. The Morgan fingerprint density at radius 2 is 1.79 bits per heavy atom. The number of rotatable bonds is 14. The summed E-state index contributed by atoms with van der Waals surface area (Å²) in [4.78, 5) is 24.1. The van der Waals surface area contributed by atoms with Crippen molar-refractivity contribution in [3.63, 3.8) is 0 Å². The standard InChI is InChI=1S/C26H31NO7/c1-3-18-33-25(29)8-6-4-5-7-24(20-9-13-23(14-10-20)32-19-17-28)34-26(30)27-21-11-15-22(31-2)16-12-21/h3,6,8-16,24,28H,1,4-5,7,17-19H2,2H3,(H,27,30)/b8-6+/t24-/m0/s1. The minimum absolute atomic E-state index is 0.0757. The number of hydrogen-bond acceptors (Lipinski definition) is 7. The zero-order chi connectivity index (χ0) is 24.6. The Morgan fingerprint density at radius 3 is 2.44 bits per heavy atom. The molecule has 0 bridgehead atoms. The summed E-state index contributed by atoms with van der Waals surface area (Å²) in [6.07, 6.45) is 5.35. The molecular formula is C26H31NO7. The van der Waals surface area contributed by atoms with Crippen molar-refractivity contribution in [1.29, 1.82) is 0 Å². The van der Waals surface area contributed by atoms with Gasteiger partial charge in [0, 0.05) is 11.8 Å². The van der Waals surface area contributed by atoms with Crippen LogP contribution in [0, 0.1) is 0 Å². The molecule has 0 aliphatic rings. The van der Waals surface area contributed by atoms with E-state index in [-0.39, 0.29) is 19.8 Å². The summed E-state index contributed by atoms with van der Waals surface area (Å²) in [5.74, 6) is 0.868. The molecule has 0 fully saturated rings. The minimum atomic E-state index is -0.584. The Balaban J connectivity index is 1.99. The molecule has 34 heavy (non-hydrogen) atoms. The summed E-state index contributed by atoms with van der Waals surface area (Å²) >= 11 is 0. The predicted molar refractivity (Wildman–Crippen MR) is 129 cm³/mol. The molecule has 2 N–H and O–H groups in total. The van der Waals surface area contributed by atoms with Gasteiger partial charge >= 0.3 is 12.1 Å². The van der Waals surface area contributed by atoms with Gasteiger partial charge in [-0.05, 0) is 61.2 Å². The maximum Gasteiger partial charge on any atom is 0.412 e. The van der Waals surface area contributed by atoms with E-state index in [1.165, 1.54) is 12.2 Å². The molecule has 2 aromatic rings. The number of methoxy groups -OCH3 is 1. The Kier molecular flexibility index (Phi) is 11.8. The van der Waals surface area contributed by atoms with Crippen LogP contribution in [0.25, 0.3) is 0 Å². The van der Waals surface area contributed by atoms with Gasteiger partial charge in [-0.2, -0.15) is 0 Å². The number of allylic oxidation sites excluding steroid dienone is 1. The topological polar surface area (TPSA) is 103 Å². The highest BCUT2D eigenvalue weighted by atomic mass is 16.6. The average molecular weight is 470 g/mol. The van der Waals surface area contributed by atoms with Gasteiger partial charge in [-0.1, -0.05) is 30.9 Å². The van der Waals surface area contributed by atoms with E-state index in [4.69, 9.17) is 24.1 Å². The molecule has 0 saturated carbocycles. The van der Waals surface area contributed by atoms with Crippen LogP contribution >= 0.6 is 0 Å². The van der Waals surface area contributed by atoms with Gasteiger partial charge in [0.15, 0.2) is 0 Å². The lowest BCUT2D eigenvalue weighted by atomic mass is 10.0. The van der Waals surface area contributed by atoms with Crippen LogP contribution in [-0.2, 0) is 14.3 Å². The van der Waals surface area contributed by atoms with E-state index >= 15 is 0 Å². The van der Waals surface area contributed by atoms with Gasteiger partial charge in [0.25, 0.3) is 0 Å². The second kappa shape index (κ2) is 15.1. The van der Waals surface area contributed by atoms with Crippen molar-refractivity contribution < 1.29 is 33.6 Å². The molecule has 8 heteroatoms. The molecule has 0 aliphatic heterocycles. The number of unbranched alkanes of at least 4 members (excludes halogenated alkanes) is 1. The quantitative estimate of drug-likeness (QED) is 0.177. The van der Waals surface area contributed by atoms with E-state index in [2.05, 4.69) is 11.9 Å². The van der Waals surface area contributed by atoms with Gasteiger partial charge in [0.05, 0.1) is 13.7 Å². The number of aliphatic hydroxyl groups is 1. The molecule has 2 rings (SSSR count). The Morgan fingerprint density at radius 1 is 1.09 bits per heavy atom. The maximum absolute atomic E-state index is 12.5. The number of esters is 1. The lowest BCUT2D eigenvalue weighted by Crippen LogP contribution is -2.17. The van der Waals surface area contributed by atoms with E-state index in [0.29, 0.717) is 36.4 Å². The Bertz CT molecular complexity index is 923. The fourth-order valence-electron chi connectivity index (χ4n) is 2.98. The molecule has 0 saturated heterocycles. The van der Waals surface area contributed by atoms with Crippen LogP contribution in [0.1, 0.15) is 30.9 Å². The van der Waals surface area contributed by atoms with Gasteiger partial charge in [-0.25, -0.2) is 9.59 Å². The summed E-state index contributed by atoms with van der Waals surface area (Å²) in [5.41, 5.74) is 1.38. The molecule has 0 spiro atoms. The number of benzene rings is 2. The number of hydrogen-bond donors (Lipinski definition) is 2. The Hall–Kier alpha value is -3.78. The molecule has 0 radical (unpaired) electrons. The summed E-state index contributed by atoms with van der Waals surface area (Å²) in [6.45, 7) is 3.79. The lowest BCUT2D eigenvalue weighted by Gasteiger charge is -2.19. The second-order valence-electron chi connectivity index (χ2n) is 7.14. The number of anilines is 1. The first-order valence-corrected chi connectivity index (χ1v) is 10.9. The molecular weight excluding hydrogens is 438 g/mol. The highest BCUT2D eigenvalue weighted by molar-refractivity contribution is 5.84. The first-order chi connectivity index (χ1) is 16.5. The number of aliphatic hydroxyl groups excluding tert-OH is 1. The third-order valence-electron chi connectivity index (χ3n) is 4.63. The number of carbonyl (C=O) groups is 2. The van der Waals surface area contributed by atoms with Crippen LogP contribution < -0.4 is 14.8 Å². The zero-order valence-electron chi connectivity index (χ0n) is 19.3. The average Bonchev–Trinajstić information content (AvgIpc) is 2.86. The monoisotopic (exact) mass is 469 g/mol. The van der Waals surface area contributed by atoms with Crippen molar-refractivity contribution in [1.82, 2.24) is 0 Å². The van der Waals surface area contributed by atoms with Crippen LogP contribution in [0.5, 0.6) is 11.5 Å². The minimum Gasteiger partial charge on any atom is -0.497 e. The third kappa shape index (κ3) is 9.79. The SMILES string of the molecule is C=CCOC(=O)/C=C/CCC[C@H](OC(=O)Nc1ccc(OC)cc1)c1ccc(OCCO)cc1. The van der Waals surface area contributed by atoms with Crippen LogP contribution in [0.4, 0.5) is 10.5 Å². The van der Waals surface area contributed by atoms with Crippen LogP contribution in [0.3, 0.4) is 0 Å². The van der Waals surface area contributed by atoms with Crippen LogP contribution in [-0.4, -0.2) is 44.1 Å². The van der Waals surface area contributed by atoms with Gasteiger partial charge in [-0.15, -0.1) is 0 Å². The highest BCUT2D eigenvalue weighted by Gasteiger charge is 2.17. The fraction of sp³-hybridized carbons (Fsp3) is 0.308. The summed E-state index contributed by atoms with van der Waals surface area (Å²) in [6, 6.07) is 14.1. The molecule has 1 atom stereocenters. The molecule has 0 heterocycles. The molecule has 1 amide bonds. The fourth-order valence-corrected chi connectivity index (χ4v) is 2.98. The number of ether oxygens (including phenoxy) is 4. The van der Waals surface area contributed by atoms with E-state index in [9.17, 15) is 9.59 Å². The molecule has 0 aliphatic carbocycles. The third-order valence-corrected chi connectivity index (χ3v) is 4.63. The smallest absolute Gasteiger partial charge is 0.412 e. The van der Waals surface area contributed by atoms with E-state index in [0.717, 1.165) is 5.56 Å². The molecule has 0 unspecified atom stereocenters. The van der Waals surface area contributed by atoms with Crippen molar-refractivity contribution in [2.45, 2.75) is 25.4 Å². The number of amides is 1. The van der Waals surface area contributed by atoms with Gasteiger partial charge < -0.3 is 24.1 Å². The normalized spacial score (nSPS) is 11.5. The van der Waals surface area contributed by atoms with Crippen molar-refractivity contribution >= 4 is 17.7 Å². The highest BCUT2D eigenvalue weighted by Crippen LogP contribution is 2.27. The lowest BCUT2D eigenvalue weighted by molar-refractivity contribution is -0.136. The van der Waals surface area contributed by atoms with Gasteiger partial charge in [0.1, 0.15) is 30.8 Å². The number of carbonyl (C=O) groups excluding carboxylic acids is 2. The molecule has 182 valence electrons. The van der Waals surface area contributed by atoms with Gasteiger partial charge in [-0.3, -0.25) is 5.32 Å². The summed E-state index contributed by atoms with van der Waals surface area (Å²) in [7, 11) is 1.57. The van der Waals surface area contributed by atoms with Crippen molar-refractivity contribution in [3.8, 4) is 11.5 Å². The zero-order valence-corrected chi connectivity index (χ0v) is 19.3. The first kappa shape index (κ1) is 26.5. The molecule has 0 aromatic heterocycles. The van der Waals surface area contributed by atoms with Crippen LogP contribution in [0.15, 0.2) is 73.3 Å². The Labute approximate surface area is 199 Å². The maximum atomic E-state index is 12.5. The largest absolute Gasteiger partial charge is 0.497 e. The molecule has 8 nitrogen and oxygen atoms in total. The first-order valence-electron chi connectivity index (χ1n) is 10.9. The van der Waals surface area contributed by atoms with Crippen molar-refractivity contribution in [2.75, 3.05) is 32.2 Å². The van der Waals surface area contributed by atoms with E-state index in [1.807, 2.05) is 12.1 Å². The summed E-state index contributed by atoms with van der Waals surface area (Å²) in [5, 5.41) is 11.6. The van der Waals surface area contributed by atoms with Gasteiger partial charge in [0.2, 0.25) is 0 Å². The summed E-state index contributed by atoms with van der Waals surface area (Å²) < 4.78 is 21.1. The predicted octanol–water partition coefficient (Wildman–Crippen LogP) is 4.81. The van der Waals surface area contributed by atoms with Crippen LogP contribution in [0.2, 0.25) is 0 Å². The van der Waals surface area contributed by atoms with E-state index < -0.39 is 18.2 Å². The number of nitrogens with one attached hydrogen (secondary N) is 1. The second-order valence-corrected chi connectivity index (χ2v) is 7.14. The van der Waals surface area contributed by atoms with E-state index in [1.54, 1.807) is 49.6 Å². The van der Waals surface area contributed by atoms with Crippen molar-refractivity contribution in [2.24, 2.45) is 0 Å².